The number of β-amino-alcohol motifs (C(OH)–C–C–N with tert-alkyl or cyclic N) is 1. The molecule has 5 nitrogen and oxygen atoms in total. The zero-order valence-corrected chi connectivity index (χ0v) is 11.5. The molecule has 6 heteroatoms. The van der Waals surface area contributed by atoms with Gasteiger partial charge in [0.1, 0.15) is 4.88 Å². The fourth-order valence-electron chi connectivity index (χ4n) is 2.05. The van der Waals surface area contributed by atoms with Gasteiger partial charge in [0.2, 0.25) is 0 Å². The number of rotatable bonds is 4. The van der Waals surface area contributed by atoms with Crippen molar-refractivity contribution in [3.63, 3.8) is 0 Å². The predicted molar refractivity (Wildman–Crippen MR) is 70.9 cm³/mol. The molecular formula is C12H19N3O2S. The SMILES string of the molecule is CCc1nc(C)c(C(=O)NCC2CNCC2O)s1. The number of nitrogens with one attached hydrogen (secondary N) is 2. The number of amides is 1. The molecule has 2 atom stereocenters. The van der Waals surface area contributed by atoms with Gasteiger partial charge in [0.25, 0.3) is 5.91 Å². The molecule has 0 saturated carbocycles. The summed E-state index contributed by atoms with van der Waals surface area (Å²) >= 11 is 1.45. The number of aliphatic hydroxyl groups excluding tert-OH is 1. The second kappa shape index (κ2) is 5.77. The highest BCUT2D eigenvalue weighted by molar-refractivity contribution is 7.13. The van der Waals surface area contributed by atoms with E-state index in [2.05, 4.69) is 15.6 Å². The fraction of sp³-hybridized carbons (Fsp3) is 0.667. The van der Waals surface area contributed by atoms with Crippen LogP contribution in [0.1, 0.15) is 27.3 Å². The standard InChI is InChI=1S/C12H19N3O2S/c1-3-10-15-7(2)11(18-10)12(17)14-5-8-4-13-6-9(8)16/h8-9,13,16H,3-6H2,1-2H3,(H,14,17). The summed E-state index contributed by atoms with van der Waals surface area (Å²) in [6.45, 7) is 5.76. The highest BCUT2D eigenvalue weighted by Crippen LogP contribution is 2.18. The van der Waals surface area contributed by atoms with E-state index >= 15 is 0 Å². The summed E-state index contributed by atoms with van der Waals surface area (Å²) in [5.41, 5.74) is 0.791. The average molecular weight is 269 g/mol. The van der Waals surface area contributed by atoms with Crippen LogP contribution in [0.4, 0.5) is 0 Å². The summed E-state index contributed by atoms with van der Waals surface area (Å²) in [6.07, 6.45) is 0.489. The van der Waals surface area contributed by atoms with Gasteiger partial charge in [-0.05, 0) is 13.3 Å². The van der Waals surface area contributed by atoms with Crippen LogP contribution in [0.3, 0.4) is 0 Å². The number of hydrogen-bond acceptors (Lipinski definition) is 5. The molecule has 1 amide bonds. The molecule has 1 fully saturated rings. The third kappa shape index (κ3) is 2.88. The van der Waals surface area contributed by atoms with Crippen molar-refractivity contribution in [1.82, 2.24) is 15.6 Å². The molecule has 0 radical (unpaired) electrons. The Morgan fingerprint density at radius 3 is 2.94 bits per heavy atom. The first-order valence-electron chi connectivity index (χ1n) is 6.25. The molecule has 0 aromatic carbocycles. The lowest BCUT2D eigenvalue weighted by Gasteiger charge is -2.13. The quantitative estimate of drug-likeness (QED) is 0.736. The number of thiazole rings is 1. The zero-order chi connectivity index (χ0) is 13.1. The second-order valence-corrected chi connectivity index (χ2v) is 5.66. The van der Waals surface area contributed by atoms with E-state index in [9.17, 15) is 9.90 Å². The molecule has 1 aromatic heterocycles. The van der Waals surface area contributed by atoms with E-state index in [1.165, 1.54) is 11.3 Å². The number of hydrogen-bond donors (Lipinski definition) is 3. The summed E-state index contributed by atoms with van der Waals surface area (Å²) in [4.78, 5) is 17.0. The number of aromatic nitrogens is 1. The summed E-state index contributed by atoms with van der Waals surface area (Å²) in [5.74, 6) is 0.0247. The van der Waals surface area contributed by atoms with Crippen LogP contribution in [-0.2, 0) is 6.42 Å². The third-order valence-corrected chi connectivity index (χ3v) is 4.48. The van der Waals surface area contributed by atoms with Gasteiger partial charge >= 0.3 is 0 Å². The van der Waals surface area contributed by atoms with Gasteiger partial charge in [0.15, 0.2) is 0 Å². The van der Waals surface area contributed by atoms with E-state index in [0.717, 1.165) is 23.7 Å². The van der Waals surface area contributed by atoms with Crippen molar-refractivity contribution in [2.45, 2.75) is 26.4 Å². The van der Waals surface area contributed by atoms with Gasteiger partial charge in [-0.25, -0.2) is 4.98 Å². The molecule has 0 spiro atoms. The molecular weight excluding hydrogens is 250 g/mol. The molecule has 1 aliphatic rings. The Morgan fingerprint density at radius 2 is 2.39 bits per heavy atom. The molecule has 1 saturated heterocycles. The van der Waals surface area contributed by atoms with Gasteiger partial charge in [-0.1, -0.05) is 6.92 Å². The van der Waals surface area contributed by atoms with E-state index in [4.69, 9.17) is 0 Å². The summed E-state index contributed by atoms with van der Waals surface area (Å²) in [5, 5.41) is 16.6. The van der Waals surface area contributed by atoms with Gasteiger partial charge in [0, 0.05) is 25.6 Å². The van der Waals surface area contributed by atoms with Crippen molar-refractivity contribution in [3.8, 4) is 0 Å². The molecule has 2 rings (SSSR count). The minimum Gasteiger partial charge on any atom is -0.391 e. The lowest BCUT2D eigenvalue weighted by atomic mass is 10.1. The average Bonchev–Trinajstić information content (AvgIpc) is 2.92. The summed E-state index contributed by atoms with van der Waals surface area (Å²) < 4.78 is 0. The van der Waals surface area contributed by atoms with Crippen LogP contribution in [0.5, 0.6) is 0 Å². The third-order valence-electron chi connectivity index (χ3n) is 3.18. The van der Waals surface area contributed by atoms with Gasteiger partial charge in [-0.2, -0.15) is 0 Å². The summed E-state index contributed by atoms with van der Waals surface area (Å²) in [7, 11) is 0. The number of aryl methyl sites for hydroxylation is 2. The Bertz CT molecular complexity index is 433. The van der Waals surface area contributed by atoms with Gasteiger partial charge < -0.3 is 15.7 Å². The monoisotopic (exact) mass is 269 g/mol. The topological polar surface area (TPSA) is 74.2 Å². The molecule has 2 heterocycles. The van der Waals surface area contributed by atoms with Crippen LogP contribution in [0.2, 0.25) is 0 Å². The van der Waals surface area contributed by atoms with Crippen LogP contribution in [0, 0.1) is 12.8 Å². The molecule has 0 aliphatic carbocycles. The van der Waals surface area contributed by atoms with Crippen molar-refractivity contribution < 1.29 is 9.90 Å². The fourth-order valence-corrected chi connectivity index (χ4v) is 2.97. The van der Waals surface area contributed by atoms with Crippen LogP contribution in [0.15, 0.2) is 0 Å². The lowest BCUT2D eigenvalue weighted by molar-refractivity contribution is 0.0930. The molecule has 1 aromatic rings. The number of carbonyl (C=O) groups excluding carboxylic acids is 1. The molecule has 3 N–H and O–H groups in total. The van der Waals surface area contributed by atoms with E-state index in [1.54, 1.807) is 0 Å². The van der Waals surface area contributed by atoms with Crippen LogP contribution in [0.25, 0.3) is 0 Å². The molecule has 2 unspecified atom stereocenters. The minimum absolute atomic E-state index is 0.0798. The predicted octanol–water partition coefficient (Wildman–Crippen LogP) is 0.324. The van der Waals surface area contributed by atoms with Gasteiger partial charge in [-0.3, -0.25) is 4.79 Å². The number of carbonyl (C=O) groups is 1. The Labute approximate surface area is 111 Å². The van der Waals surface area contributed by atoms with Crippen molar-refractivity contribution in [3.05, 3.63) is 15.6 Å². The van der Waals surface area contributed by atoms with Gasteiger partial charge in [-0.15, -0.1) is 11.3 Å². The maximum atomic E-state index is 12.0. The normalized spacial score (nSPS) is 23.3. The highest BCUT2D eigenvalue weighted by atomic mass is 32.1. The Morgan fingerprint density at radius 1 is 1.61 bits per heavy atom. The smallest absolute Gasteiger partial charge is 0.263 e. The van der Waals surface area contributed by atoms with Crippen molar-refractivity contribution >= 4 is 17.2 Å². The first kappa shape index (κ1) is 13.5. The summed E-state index contributed by atoms with van der Waals surface area (Å²) in [6, 6.07) is 0. The maximum absolute atomic E-state index is 12.0. The lowest BCUT2D eigenvalue weighted by Crippen LogP contribution is -2.34. The van der Waals surface area contributed by atoms with Crippen LogP contribution < -0.4 is 10.6 Å². The molecule has 100 valence electrons. The Kier molecular flexibility index (Phi) is 4.31. The second-order valence-electron chi connectivity index (χ2n) is 4.57. The zero-order valence-electron chi connectivity index (χ0n) is 10.7. The molecule has 18 heavy (non-hydrogen) atoms. The first-order valence-corrected chi connectivity index (χ1v) is 7.06. The van der Waals surface area contributed by atoms with Crippen molar-refractivity contribution in [2.24, 2.45) is 5.92 Å². The number of nitrogens with zero attached hydrogens (tertiary/aromatic N) is 1. The van der Waals surface area contributed by atoms with E-state index in [1.807, 2.05) is 13.8 Å². The molecule has 0 bridgehead atoms. The van der Waals surface area contributed by atoms with Crippen molar-refractivity contribution in [1.29, 1.82) is 0 Å². The largest absolute Gasteiger partial charge is 0.391 e. The van der Waals surface area contributed by atoms with E-state index in [0.29, 0.717) is 18.0 Å². The number of aliphatic hydroxyl groups is 1. The first-order chi connectivity index (χ1) is 8.61. The molecule has 1 aliphatic heterocycles. The van der Waals surface area contributed by atoms with E-state index in [-0.39, 0.29) is 17.9 Å². The maximum Gasteiger partial charge on any atom is 0.263 e. The highest BCUT2D eigenvalue weighted by Gasteiger charge is 2.25. The Balaban J connectivity index is 1.92. The Hall–Kier alpha value is -0.980. The minimum atomic E-state index is -0.362. The van der Waals surface area contributed by atoms with E-state index < -0.39 is 0 Å². The van der Waals surface area contributed by atoms with Crippen molar-refractivity contribution in [2.75, 3.05) is 19.6 Å². The van der Waals surface area contributed by atoms with Gasteiger partial charge in [0.05, 0.1) is 16.8 Å². The van der Waals surface area contributed by atoms with Crippen LogP contribution in [-0.4, -0.2) is 41.7 Å². The van der Waals surface area contributed by atoms with Crippen LogP contribution >= 0.6 is 11.3 Å².